The number of anilines is 1. The van der Waals surface area contributed by atoms with E-state index in [4.69, 9.17) is 0 Å². The highest BCUT2D eigenvalue weighted by atomic mass is 32.1. The Morgan fingerprint density at radius 1 is 1.24 bits per heavy atom. The van der Waals surface area contributed by atoms with E-state index in [-0.39, 0.29) is 5.41 Å². The highest BCUT2D eigenvalue weighted by Gasteiger charge is 2.20. The van der Waals surface area contributed by atoms with Gasteiger partial charge >= 0.3 is 0 Å². The van der Waals surface area contributed by atoms with Crippen molar-refractivity contribution in [1.29, 1.82) is 0 Å². The van der Waals surface area contributed by atoms with Gasteiger partial charge in [-0.2, -0.15) is 0 Å². The molecule has 2 heterocycles. The zero-order chi connectivity index (χ0) is 12.3. The first-order valence-electron chi connectivity index (χ1n) is 5.52. The summed E-state index contributed by atoms with van der Waals surface area (Å²) < 4.78 is 0. The molecular weight excluding hydrogens is 232 g/mol. The predicted molar refractivity (Wildman–Crippen MR) is 70.4 cm³/mol. The van der Waals surface area contributed by atoms with Gasteiger partial charge in [-0.15, -0.1) is 10.2 Å². The quantitative estimate of drug-likeness (QED) is 0.903. The Kier molecular flexibility index (Phi) is 3.38. The summed E-state index contributed by atoms with van der Waals surface area (Å²) in [6.45, 7) is 7.18. The number of nitrogens with one attached hydrogen (secondary N) is 1. The maximum Gasteiger partial charge on any atom is 0.205 e. The van der Waals surface area contributed by atoms with Crippen LogP contribution < -0.4 is 5.32 Å². The Morgan fingerprint density at radius 2 is 1.94 bits per heavy atom. The standard InChI is InChI=1S/C12H16N4S/c1-9-15-16-11(17-9)14-8-12(2,3)10-4-6-13-7-5-10/h4-7H,8H2,1-3H3,(H,14,16). The topological polar surface area (TPSA) is 50.7 Å². The molecule has 2 aromatic heterocycles. The van der Waals surface area contributed by atoms with Crippen molar-refractivity contribution >= 4 is 16.5 Å². The molecule has 2 rings (SSSR count). The Morgan fingerprint density at radius 3 is 2.53 bits per heavy atom. The first-order valence-corrected chi connectivity index (χ1v) is 6.34. The third-order valence-electron chi connectivity index (χ3n) is 2.67. The number of hydrogen-bond donors (Lipinski definition) is 1. The Labute approximate surface area is 105 Å². The lowest BCUT2D eigenvalue weighted by Crippen LogP contribution is -2.27. The lowest BCUT2D eigenvalue weighted by Gasteiger charge is -2.25. The second kappa shape index (κ2) is 4.79. The summed E-state index contributed by atoms with van der Waals surface area (Å²) in [5, 5.41) is 13.2. The molecule has 90 valence electrons. The Bertz CT molecular complexity index is 478. The molecule has 0 aliphatic heterocycles. The molecule has 0 amide bonds. The van der Waals surface area contributed by atoms with Crippen LogP contribution in [0, 0.1) is 6.92 Å². The molecule has 0 aliphatic rings. The van der Waals surface area contributed by atoms with Crippen LogP contribution in [-0.4, -0.2) is 21.7 Å². The molecule has 0 spiro atoms. The summed E-state index contributed by atoms with van der Waals surface area (Å²) in [6.07, 6.45) is 3.65. The fourth-order valence-electron chi connectivity index (χ4n) is 1.57. The third-order valence-corrected chi connectivity index (χ3v) is 3.47. The number of hydrogen-bond acceptors (Lipinski definition) is 5. The van der Waals surface area contributed by atoms with Crippen molar-refractivity contribution in [3.05, 3.63) is 35.1 Å². The Balaban J connectivity index is 2.03. The number of rotatable bonds is 4. The van der Waals surface area contributed by atoms with Crippen molar-refractivity contribution in [2.24, 2.45) is 0 Å². The second-order valence-electron chi connectivity index (χ2n) is 4.60. The SMILES string of the molecule is Cc1nnc(NCC(C)(C)c2ccncc2)s1. The zero-order valence-corrected chi connectivity index (χ0v) is 11.1. The number of nitrogens with zero attached hydrogens (tertiary/aromatic N) is 3. The molecule has 0 aromatic carbocycles. The van der Waals surface area contributed by atoms with Crippen LogP contribution in [0.2, 0.25) is 0 Å². The van der Waals surface area contributed by atoms with Crippen LogP contribution in [0.1, 0.15) is 24.4 Å². The van der Waals surface area contributed by atoms with Gasteiger partial charge in [-0.25, -0.2) is 0 Å². The van der Waals surface area contributed by atoms with E-state index in [2.05, 4.69) is 34.3 Å². The van der Waals surface area contributed by atoms with Crippen LogP contribution in [0.5, 0.6) is 0 Å². The van der Waals surface area contributed by atoms with E-state index in [0.717, 1.165) is 16.7 Å². The summed E-state index contributed by atoms with van der Waals surface area (Å²) >= 11 is 1.58. The number of aryl methyl sites for hydroxylation is 1. The molecule has 17 heavy (non-hydrogen) atoms. The fraction of sp³-hybridized carbons (Fsp3) is 0.417. The van der Waals surface area contributed by atoms with Gasteiger partial charge in [0.1, 0.15) is 5.01 Å². The third kappa shape index (κ3) is 3.00. The van der Waals surface area contributed by atoms with E-state index in [1.807, 2.05) is 31.5 Å². The van der Waals surface area contributed by atoms with Crippen molar-refractivity contribution < 1.29 is 0 Å². The van der Waals surface area contributed by atoms with Crippen LogP contribution in [-0.2, 0) is 5.41 Å². The summed E-state index contributed by atoms with van der Waals surface area (Å²) in [4.78, 5) is 4.04. The lowest BCUT2D eigenvalue weighted by molar-refractivity contribution is 0.556. The summed E-state index contributed by atoms with van der Waals surface area (Å²) in [6, 6.07) is 4.10. The minimum absolute atomic E-state index is 0.0442. The van der Waals surface area contributed by atoms with Gasteiger partial charge in [-0.3, -0.25) is 4.98 Å². The molecule has 0 saturated heterocycles. The summed E-state index contributed by atoms with van der Waals surface area (Å²) in [5.41, 5.74) is 1.31. The van der Waals surface area contributed by atoms with Crippen LogP contribution in [0.4, 0.5) is 5.13 Å². The second-order valence-corrected chi connectivity index (χ2v) is 5.78. The molecule has 5 heteroatoms. The number of pyridine rings is 1. The summed E-state index contributed by atoms with van der Waals surface area (Å²) in [5.74, 6) is 0. The highest BCUT2D eigenvalue weighted by molar-refractivity contribution is 7.15. The van der Waals surface area contributed by atoms with Gasteiger partial charge in [0, 0.05) is 24.4 Å². The molecule has 4 nitrogen and oxygen atoms in total. The van der Waals surface area contributed by atoms with Gasteiger partial charge < -0.3 is 5.32 Å². The van der Waals surface area contributed by atoms with Gasteiger partial charge in [-0.05, 0) is 24.6 Å². The molecular formula is C12H16N4S. The largest absolute Gasteiger partial charge is 0.359 e. The highest BCUT2D eigenvalue weighted by Crippen LogP contribution is 2.23. The maximum atomic E-state index is 4.06. The van der Waals surface area contributed by atoms with E-state index in [1.54, 1.807) is 11.3 Å². The van der Waals surface area contributed by atoms with E-state index in [9.17, 15) is 0 Å². The average molecular weight is 248 g/mol. The van der Waals surface area contributed by atoms with Gasteiger partial charge in [0.05, 0.1) is 0 Å². The molecule has 0 radical (unpaired) electrons. The molecule has 0 aliphatic carbocycles. The average Bonchev–Trinajstić information content (AvgIpc) is 2.74. The molecule has 0 atom stereocenters. The Hall–Kier alpha value is -1.49. The van der Waals surface area contributed by atoms with Gasteiger partial charge in [-0.1, -0.05) is 25.2 Å². The number of aromatic nitrogens is 3. The smallest absolute Gasteiger partial charge is 0.205 e. The molecule has 0 unspecified atom stereocenters. The predicted octanol–water partition coefficient (Wildman–Crippen LogP) is 2.63. The first kappa shape index (κ1) is 12.0. The van der Waals surface area contributed by atoms with E-state index >= 15 is 0 Å². The fourth-order valence-corrected chi connectivity index (χ4v) is 2.16. The van der Waals surface area contributed by atoms with Crippen molar-refractivity contribution in [1.82, 2.24) is 15.2 Å². The van der Waals surface area contributed by atoms with Crippen LogP contribution >= 0.6 is 11.3 Å². The van der Waals surface area contributed by atoms with Crippen molar-refractivity contribution in [3.8, 4) is 0 Å². The van der Waals surface area contributed by atoms with Crippen molar-refractivity contribution in [3.63, 3.8) is 0 Å². The van der Waals surface area contributed by atoms with Crippen LogP contribution in [0.25, 0.3) is 0 Å². The first-order chi connectivity index (χ1) is 8.08. The molecule has 2 aromatic rings. The zero-order valence-electron chi connectivity index (χ0n) is 10.3. The molecule has 0 saturated carbocycles. The van der Waals surface area contributed by atoms with Gasteiger partial charge in [0.2, 0.25) is 5.13 Å². The maximum absolute atomic E-state index is 4.06. The lowest BCUT2D eigenvalue weighted by atomic mass is 9.85. The van der Waals surface area contributed by atoms with Gasteiger partial charge in [0.15, 0.2) is 0 Å². The van der Waals surface area contributed by atoms with E-state index in [0.29, 0.717) is 0 Å². The van der Waals surface area contributed by atoms with E-state index in [1.165, 1.54) is 5.56 Å². The molecule has 0 bridgehead atoms. The van der Waals surface area contributed by atoms with Crippen LogP contribution in [0.15, 0.2) is 24.5 Å². The molecule has 1 N–H and O–H groups in total. The minimum atomic E-state index is 0.0442. The normalized spacial score (nSPS) is 11.5. The minimum Gasteiger partial charge on any atom is -0.359 e. The van der Waals surface area contributed by atoms with E-state index < -0.39 is 0 Å². The van der Waals surface area contributed by atoms with Crippen LogP contribution in [0.3, 0.4) is 0 Å². The van der Waals surface area contributed by atoms with Crippen molar-refractivity contribution in [2.45, 2.75) is 26.2 Å². The van der Waals surface area contributed by atoms with Gasteiger partial charge in [0.25, 0.3) is 0 Å². The van der Waals surface area contributed by atoms with Crippen molar-refractivity contribution in [2.75, 3.05) is 11.9 Å². The monoisotopic (exact) mass is 248 g/mol. The molecule has 0 fully saturated rings. The summed E-state index contributed by atoms with van der Waals surface area (Å²) in [7, 11) is 0.